The number of thioether (sulfide) groups is 1. The molecule has 1 aromatic heterocycles. The van der Waals surface area contributed by atoms with E-state index >= 15 is 0 Å². The molecule has 1 unspecified atom stereocenters. The first-order valence-corrected chi connectivity index (χ1v) is 8.62. The van der Waals surface area contributed by atoms with E-state index in [1.54, 1.807) is 18.9 Å². The highest BCUT2D eigenvalue weighted by Gasteiger charge is 2.18. The fourth-order valence-corrected chi connectivity index (χ4v) is 3.08. The van der Waals surface area contributed by atoms with Crippen molar-refractivity contribution in [2.24, 2.45) is 0 Å². The Bertz CT molecular complexity index is 426. The molecule has 0 saturated heterocycles. The van der Waals surface area contributed by atoms with Crippen molar-refractivity contribution in [3.63, 3.8) is 0 Å². The van der Waals surface area contributed by atoms with Crippen molar-refractivity contribution in [2.75, 3.05) is 43.3 Å². The van der Waals surface area contributed by atoms with Crippen LogP contribution >= 0.6 is 23.1 Å². The predicted octanol–water partition coefficient (Wildman–Crippen LogP) is 1.66. The summed E-state index contributed by atoms with van der Waals surface area (Å²) in [7, 11) is 1.63. The molecule has 6 nitrogen and oxygen atoms in total. The second-order valence-electron chi connectivity index (χ2n) is 4.19. The summed E-state index contributed by atoms with van der Waals surface area (Å²) >= 11 is 2.98. The number of nitrogens with two attached hydrogens (primary N) is 1. The number of amides is 1. The predicted molar refractivity (Wildman–Crippen MR) is 86.8 cm³/mol. The van der Waals surface area contributed by atoms with Crippen LogP contribution < -0.4 is 16.4 Å². The van der Waals surface area contributed by atoms with E-state index in [0.29, 0.717) is 23.2 Å². The minimum absolute atomic E-state index is 0.152. The lowest BCUT2D eigenvalue weighted by Gasteiger charge is -2.14. The van der Waals surface area contributed by atoms with Crippen molar-refractivity contribution in [3.05, 3.63) is 4.88 Å². The van der Waals surface area contributed by atoms with Gasteiger partial charge < -0.3 is 21.1 Å². The molecule has 8 heteroatoms. The average molecular weight is 318 g/mol. The van der Waals surface area contributed by atoms with Crippen molar-refractivity contribution in [3.8, 4) is 0 Å². The first-order valence-electron chi connectivity index (χ1n) is 6.41. The zero-order valence-corrected chi connectivity index (χ0v) is 13.7. The van der Waals surface area contributed by atoms with E-state index in [-0.39, 0.29) is 17.8 Å². The van der Waals surface area contributed by atoms with Crippen LogP contribution in [-0.2, 0) is 4.74 Å². The normalized spacial score (nSPS) is 12.2. The van der Waals surface area contributed by atoms with Gasteiger partial charge in [0.1, 0.15) is 10.7 Å². The molecule has 1 atom stereocenters. The first-order chi connectivity index (χ1) is 9.62. The molecule has 0 radical (unpaired) electrons. The fraction of sp³-hybridized carbons (Fsp3) is 0.667. The highest BCUT2D eigenvalue weighted by atomic mass is 32.2. The molecule has 0 aliphatic carbocycles. The first kappa shape index (κ1) is 17.1. The van der Waals surface area contributed by atoms with Crippen LogP contribution in [0, 0.1) is 0 Å². The van der Waals surface area contributed by atoms with Gasteiger partial charge >= 0.3 is 0 Å². The molecule has 20 heavy (non-hydrogen) atoms. The van der Waals surface area contributed by atoms with Crippen molar-refractivity contribution < 1.29 is 9.53 Å². The second kappa shape index (κ2) is 9.04. The summed E-state index contributed by atoms with van der Waals surface area (Å²) < 4.78 is 4.94. The fourth-order valence-electron chi connectivity index (χ4n) is 1.54. The lowest BCUT2D eigenvalue weighted by atomic mass is 10.2. The Morgan fingerprint density at radius 3 is 2.95 bits per heavy atom. The van der Waals surface area contributed by atoms with Gasteiger partial charge in [0.15, 0.2) is 5.13 Å². The molecule has 0 aliphatic rings. The van der Waals surface area contributed by atoms with E-state index in [1.165, 1.54) is 11.3 Å². The number of hydrogen-bond donors (Lipinski definition) is 3. The molecule has 1 rings (SSSR count). The van der Waals surface area contributed by atoms with Crippen LogP contribution in [-0.4, -0.2) is 49.2 Å². The summed E-state index contributed by atoms with van der Waals surface area (Å²) in [5.41, 5.74) is 5.80. The van der Waals surface area contributed by atoms with Gasteiger partial charge in [0.05, 0.1) is 6.61 Å². The van der Waals surface area contributed by atoms with Crippen LogP contribution in [0.15, 0.2) is 0 Å². The molecular weight excluding hydrogens is 296 g/mol. The minimum Gasteiger partial charge on any atom is -0.383 e. The Hall–Kier alpha value is -0.990. The maximum Gasteiger partial charge on any atom is 0.265 e. The van der Waals surface area contributed by atoms with Gasteiger partial charge in [-0.15, -0.1) is 0 Å². The molecule has 114 valence electrons. The number of rotatable bonds is 9. The number of methoxy groups -OCH3 is 1. The number of carbonyl (C=O) groups excluding carboxylic acids is 1. The Labute approximate surface area is 127 Å². The Morgan fingerprint density at radius 1 is 1.60 bits per heavy atom. The summed E-state index contributed by atoms with van der Waals surface area (Å²) in [4.78, 5) is 16.8. The second-order valence-corrected chi connectivity index (χ2v) is 6.10. The summed E-state index contributed by atoms with van der Waals surface area (Å²) in [6.45, 7) is 3.26. The number of hydrogen-bond acceptors (Lipinski definition) is 7. The van der Waals surface area contributed by atoms with Crippen molar-refractivity contribution in [1.82, 2.24) is 10.3 Å². The number of thiazole rings is 1. The largest absolute Gasteiger partial charge is 0.383 e. The SMILES string of the molecule is CCC(CSC)NC(=O)c1sc(NCCOC)nc1N. The topological polar surface area (TPSA) is 89.3 Å². The van der Waals surface area contributed by atoms with Crippen LogP contribution in [0.2, 0.25) is 0 Å². The van der Waals surface area contributed by atoms with Crippen molar-refractivity contribution in [1.29, 1.82) is 0 Å². The molecule has 1 amide bonds. The van der Waals surface area contributed by atoms with Crippen LogP contribution in [0.4, 0.5) is 10.9 Å². The number of aromatic nitrogens is 1. The third-order valence-corrected chi connectivity index (χ3v) is 4.40. The maximum atomic E-state index is 12.2. The molecule has 0 aliphatic heterocycles. The van der Waals surface area contributed by atoms with Gasteiger partial charge in [0, 0.05) is 25.4 Å². The maximum absolute atomic E-state index is 12.2. The highest BCUT2D eigenvalue weighted by Crippen LogP contribution is 2.24. The third-order valence-electron chi connectivity index (χ3n) is 2.64. The number of nitrogen functional groups attached to an aromatic ring is 1. The zero-order chi connectivity index (χ0) is 15.0. The van der Waals surface area contributed by atoms with E-state index in [2.05, 4.69) is 22.5 Å². The molecule has 1 heterocycles. The standard InChI is InChI=1S/C12H22N4O2S2/c1-4-8(7-19-3)15-11(17)9-10(13)16-12(20-9)14-5-6-18-2/h8H,4-7,13H2,1-3H3,(H,14,16)(H,15,17). The minimum atomic E-state index is -0.152. The molecule has 0 spiro atoms. The Kier molecular flexibility index (Phi) is 7.71. The smallest absolute Gasteiger partial charge is 0.265 e. The Morgan fingerprint density at radius 2 is 2.35 bits per heavy atom. The monoisotopic (exact) mass is 318 g/mol. The summed E-state index contributed by atoms with van der Waals surface area (Å²) in [5, 5.41) is 6.70. The molecule has 0 bridgehead atoms. The third kappa shape index (κ3) is 5.18. The van der Waals surface area contributed by atoms with Crippen LogP contribution in [0.5, 0.6) is 0 Å². The lowest BCUT2D eigenvalue weighted by molar-refractivity contribution is 0.0945. The van der Waals surface area contributed by atoms with E-state index < -0.39 is 0 Å². The molecule has 0 saturated carbocycles. The summed E-state index contributed by atoms with van der Waals surface area (Å²) in [6, 6.07) is 0.156. The quantitative estimate of drug-likeness (QED) is 0.600. The van der Waals surface area contributed by atoms with Crippen molar-refractivity contribution in [2.45, 2.75) is 19.4 Å². The molecule has 4 N–H and O–H groups in total. The summed E-state index contributed by atoms with van der Waals surface area (Å²) in [5.74, 6) is 1.01. The van der Waals surface area contributed by atoms with Gasteiger partial charge in [-0.1, -0.05) is 18.3 Å². The molecular formula is C12H22N4O2S2. The lowest BCUT2D eigenvalue weighted by Crippen LogP contribution is -2.36. The van der Waals surface area contributed by atoms with Gasteiger partial charge in [0.25, 0.3) is 5.91 Å². The number of nitrogens with zero attached hydrogens (tertiary/aromatic N) is 1. The Balaban J connectivity index is 2.63. The average Bonchev–Trinajstić information content (AvgIpc) is 2.79. The number of ether oxygens (including phenoxy) is 1. The number of nitrogens with one attached hydrogen (secondary N) is 2. The van der Waals surface area contributed by atoms with Crippen LogP contribution in [0.25, 0.3) is 0 Å². The van der Waals surface area contributed by atoms with Gasteiger partial charge in [-0.2, -0.15) is 11.8 Å². The molecule has 1 aromatic rings. The van der Waals surface area contributed by atoms with Gasteiger partial charge in [0.2, 0.25) is 0 Å². The van der Waals surface area contributed by atoms with E-state index in [4.69, 9.17) is 10.5 Å². The van der Waals surface area contributed by atoms with Gasteiger partial charge in [-0.05, 0) is 12.7 Å². The summed E-state index contributed by atoms with van der Waals surface area (Å²) in [6.07, 6.45) is 2.91. The van der Waals surface area contributed by atoms with Crippen molar-refractivity contribution >= 4 is 40.0 Å². The number of anilines is 2. The number of carbonyl (C=O) groups is 1. The van der Waals surface area contributed by atoms with Gasteiger partial charge in [-0.25, -0.2) is 4.98 Å². The van der Waals surface area contributed by atoms with Crippen LogP contribution in [0.3, 0.4) is 0 Å². The van der Waals surface area contributed by atoms with E-state index in [0.717, 1.165) is 12.2 Å². The molecule has 0 fully saturated rings. The molecule has 0 aromatic carbocycles. The zero-order valence-electron chi connectivity index (χ0n) is 12.1. The highest BCUT2D eigenvalue weighted by molar-refractivity contribution is 7.98. The van der Waals surface area contributed by atoms with E-state index in [9.17, 15) is 4.79 Å². The van der Waals surface area contributed by atoms with Gasteiger partial charge in [-0.3, -0.25) is 4.79 Å². The van der Waals surface area contributed by atoms with Crippen LogP contribution in [0.1, 0.15) is 23.0 Å². The van der Waals surface area contributed by atoms with E-state index in [1.807, 2.05) is 6.26 Å².